The molecule has 0 aliphatic carbocycles. The van der Waals surface area contributed by atoms with Crippen molar-refractivity contribution in [1.29, 1.82) is 0 Å². The molecule has 0 radical (unpaired) electrons. The summed E-state index contributed by atoms with van der Waals surface area (Å²) in [6.45, 7) is 6.87. The van der Waals surface area contributed by atoms with Crippen molar-refractivity contribution in [2.45, 2.75) is 26.4 Å². The van der Waals surface area contributed by atoms with Gasteiger partial charge in [-0.05, 0) is 36.7 Å². The summed E-state index contributed by atoms with van der Waals surface area (Å²) in [5.41, 5.74) is -0.764. The predicted molar refractivity (Wildman–Crippen MR) is 73.5 cm³/mol. The first-order valence-corrected chi connectivity index (χ1v) is 6.34. The van der Waals surface area contributed by atoms with E-state index in [-0.39, 0.29) is 0 Å². The van der Waals surface area contributed by atoms with Gasteiger partial charge >= 0.3 is 0 Å². The lowest BCUT2D eigenvalue weighted by Gasteiger charge is -2.29. The zero-order chi connectivity index (χ0) is 13.1. The molecule has 0 spiro atoms. The minimum Gasteiger partial charge on any atom is -0.389 e. The van der Waals surface area contributed by atoms with E-state index in [4.69, 9.17) is 0 Å². The minimum atomic E-state index is -0.764. The van der Waals surface area contributed by atoms with Crippen LogP contribution in [0.15, 0.2) is 10.7 Å². The highest BCUT2D eigenvalue weighted by molar-refractivity contribution is 9.10. The molecule has 0 amide bonds. The highest BCUT2D eigenvalue weighted by Crippen LogP contribution is 2.25. The van der Waals surface area contributed by atoms with Crippen LogP contribution in [0.25, 0.3) is 0 Å². The Morgan fingerprint density at radius 2 is 2.18 bits per heavy atom. The Morgan fingerprint density at radius 1 is 1.53 bits per heavy atom. The number of rotatable bonds is 5. The van der Waals surface area contributed by atoms with Crippen LogP contribution in [0.4, 0.5) is 11.8 Å². The topological polar surface area (TPSA) is 61.3 Å². The molecule has 0 aromatic carbocycles. The summed E-state index contributed by atoms with van der Waals surface area (Å²) >= 11 is 3.43. The maximum atomic E-state index is 9.88. The molecule has 0 saturated heterocycles. The van der Waals surface area contributed by atoms with Gasteiger partial charge in [-0.3, -0.25) is 0 Å². The Balaban J connectivity index is 3.02. The molecular formula is C11H19BrN4O. The molecule has 1 rings (SSSR count). The first kappa shape index (κ1) is 14.2. The summed E-state index contributed by atoms with van der Waals surface area (Å²) < 4.78 is 0.822. The molecule has 96 valence electrons. The molecule has 1 aromatic heterocycles. The molecule has 5 nitrogen and oxygen atoms in total. The maximum absolute atomic E-state index is 9.88. The van der Waals surface area contributed by atoms with Crippen molar-refractivity contribution >= 4 is 27.7 Å². The minimum absolute atomic E-state index is 0.516. The molecule has 0 aliphatic heterocycles. The number of hydrogen-bond acceptors (Lipinski definition) is 5. The Morgan fingerprint density at radius 3 is 2.65 bits per heavy atom. The van der Waals surface area contributed by atoms with Gasteiger partial charge in [-0.25, -0.2) is 4.98 Å². The zero-order valence-electron chi connectivity index (χ0n) is 10.7. The molecule has 0 aliphatic rings. The predicted octanol–water partition coefficient (Wildman–Crippen LogP) is 1.88. The van der Waals surface area contributed by atoms with Gasteiger partial charge in [0, 0.05) is 26.3 Å². The second-order valence-electron chi connectivity index (χ2n) is 4.44. The lowest BCUT2D eigenvalue weighted by atomic mass is 10.1. The van der Waals surface area contributed by atoms with Crippen molar-refractivity contribution in [3.05, 3.63) is 10.7 Å². The van der Waals surface area contributed by atoms with Crippen LogP contribution in [0.1, 0.15) is 20.8 Å². The number of aliphatic hydroxyl groups is 1. The first-order valence-electron chi connectivity index (χ1n) is 5.55. The number of hydrogen-bond donors (Lipinski definition) is 2. The average molecular weight is 303 g/mol. The van der Waals surface area contributed by atoms with Gasteiger partial charge in [0.15, 0.2) is 0 Å². The fraction of sp³-hybridized carbons (Fsp3) is 0.636. The maximum Gasteiger partial charge on any atom is 0.224 e. The number of aromatic nitrogens is 2. The van der Waals surface area contributed by atoms with Gasteiger partial charge in [-0.2, -0.15) is 4.98 Å². The zero-order valence-corrected chi connectivity index (χ0v) is 12.2. The van der Waals surface area contributed by atoms with Crippen molar-refractivity contribution in [1.82, 2.24) is 9.97 Å². The Bertz CT molecular complexity index is 378. The summed E-state index contributed by atoms with van der Waals surface area (Å²) in [6, 6.07) is 0. The van der Waals surface area contributed by atoms with Crippen molar-refractivity contribution in [3.8, 4) is 0 Å². The van der Waals surface area contributed by atoms with Crippen LogP contribution < -0.4 is 10.2 Å². The fourth-order valence-corrected chi connectivity index (χ4v) is 1.95. The van der Waals surface area contributed by atoms with Crippen LogP contribution in [0, 0.1) is 0 Å². The molecule has 6 heteroatoms. The second-order valence-corrected chi connectivity index (χ2v) is 5.30. The largest absolute Gasteiger partial charge is 0.389 e. The van der Waals surface area contributed by atoms with Gasteiger partial charge in [-0.15, -0.1) is 0 Å². The van der Waals surface area contributed by atoms with Crippen molar-refractivity contribution in [3.63, 3.8) is 0 Å². The summed E-state index contributed by atoms with van der Waals surface area (Å²) in [5.74, 6) is 1.35. The van der Waals surface area contributed by atoms with Gasteiger partial charge in [0.1, 0.15) is 5.82 Å². The average Bonchev–Trinajstić information content (AvgIpc) is 2.25. The summed E-state index contributed by atoms with van der Waals surface area (Å²) in [6.07, 6.45) is 1.71. The molecule has 1 aromatic rings. The van der Waals surface area contributed by atoms with Crippen molar-refractivity contribution in [2.75, 3.05) is 30.4 Å². The van der Waals surface area contributed by atoms with E-state index in [0.29, 0.717) is 12.5 Å². The molecule has 0 unspecified atom stereocenters. The van der Waals surface area contributed by atoms with Crippen molar-refractivity contribution in [2.24, 2.45) is 0 Å². The third-order valence-electron chi connectivity index (χ3n) is 2.21. The van der Waals surface area contributed by atoms with E-state index in [1.165, 1.54) is 0 Å². The number of halogens is 1. The van der Waals surface area contributed by atoms with E-state index in [1.54, 1.807) is 27.1 Å². The van der Waals surface area contributed by atoms with Gasteiger partial charge in [0.2, 0.25) is 5.95 Å². The SMILES string of the molecule is CCN(CC(C)(C)O)c1nc(NC)ncc1Br. The van der Waals surface area contributed by atoms with E-state index in [0.717, 1.165) is 16.8 Å². The van der Waals surface area contributed by atoms with Crippen LogP contribution in [-0.4, -0.2) is 40.8 Å². The molecule has 0 bridgehead atoms. The third kappa shape index (κ3) is 4.12. The molecule has 2 N–H and O–H groups in total. The number of nitrogens with one attached hydrogen (secondary N) is 1. The lowest BCUT2D eigenvalue weighted by Crippen LogP contribution is -2.39. The monoisotopic (exact) mass is 302 g/mol. The molecule has 0 saturated carbocycles. The molecular weight excluding hydrogens is 284 g/mol. The highest BCUT2D eigenvalue weighted by Gasteiger charge is 2.20. The van der Waals surface area contributed by atoms with E-state index < -0.39 is 5.60 Å². The van der Waals surface area contributed by atoms with Crippen LogP contribution in [0.3, 0.4) is 0 Å². The molecule has 17 heavy (non-hydrogen) atoms. The smallest absolute Gasteiger partial charge is 0.224 e. The summed E-state index contributed by atoms with van der Waals surface area (Å²) in [7, 11) is 1.78. The summed E-state index contributed by atoms with van der Waals surface area (Å²) in [4.78, 5) is 10.5. The van der Waals surface area contributed by atoms with Gasteiger partial charge in [0.05, 0.1) is 10.1 Å². The molecule has 0 fully saturated rings. The third-order valence-corrected chi connectivity index (χ3v) is 2.77. The number of nitrogens with zero attached hydrogens (tertiary/aromatic N) is 3. The quantitative estimate of drug-likeness (QED) is 0.869. The Hall–Kier alpha value is -0.880. The lowest BCUT2D eigenvalue weighted by molar-refractivity contribution is 0.0874. The highest BCUT2D eigenvalue weighted by atomic mass is 79.9. The molecule has 0 atom stereocenters. The van der Waals surface area contributed by atoms with Crippen LogP contribution in [0.5, 0.6) is 0 Å². The van der Waals surface area contributed by atoms with Gasteiger partial charge < -0.3 is 15.3 Å². The number of anilines is 2. The number of likely N-dealkylation sites (N-methyl/N-ethyl adjacent to an activating group) is 1. The molecule has 1 heterocycles. The van der Waals surface area contributed by atoms with E-state index in [1.807, 2.05) is 11.8 Å². The van der Waals surface area contributed by atoms with Gasteiger partial charge in [-0.1, -0.05) is 0 Å². The fourth-order valence-electron chi connectivity index (χ4n) is 1.50. The first-order chi connectivity index (χ1) is 7.87. The summed E-state index contributed by atoms with van der Waals surface area (Å²) in [5, 5.41) is 12.8. The van der Waals surface area contributed by atoms with Gasteiger partial charge in [0.25, 0.3) is 0 Å². The van der Waals surface area contributed by atoms with Crippen LogP contribution >= 0.6 is 15.9 Å². The second kappa shape index (κ2) is 5.64. The van der Waals surface area contributed by atoms with E-state index in [9.17, 15) is 5.11 Å². The normalized spacial score (nSPS) is 11.4. The van der Waals surface area contributed by atoms with E-state index >= 15 is 0 Å². The van der Waals surface area contributed by atoms with E-state index in [2.05, 4.69) is 31.2 Å². The van der Waals surface area contributed by atoms with Crippen LogP contribution in [-0.2, 0) is 0 Å². The van der Waals surface area contributed by atoms with Crippen molar-refractivity contribution < 1.29 is 5.11 Å². The standard InChI is InChI=1S/C11H19BrN4O/c1-5-16(7-11(2,3)17)9-8(12)6-14-10(13-4)15-9/h6,17H,5,7H2,1-4H3,(H,13,14,15). The Labute approximate surface area is 110 Å². The van der Waals surface area contributed by atoms with Crippen LogP contribution in [0.2, 0.25) is 0 Å². The Kier molecular flexibility index (Phi) is 4.70.